The summed E-state index contributed by atoms with van der Waals surface area (Å²) in [4.78, 5) is 15.1. The molecule has 1 amide bonds. The van der Waals surface area contributed by atoms with Crippen molar-refractivity contribution in [2.24, 2.45) is 0 Å². The van der Waals surface area contributed by atoms with Crippen molar-refractivity contribution in [3.8, 4) is 5.69 Å². The van der Waals surface area contributed by atoms with E-state index in [0.717, 1.165) is 52.6 Å². The summed E-state index contributed by atoms with van der Waals surface area (Å²) < 4.78 is 8.68. The monoisotopic (exact) mass is 577 g/mol. The molecule has 0 aliphatic carbocycles. The molecule has 1 aliphatic rings. The average Bonchev–Trinajstić information content (AvgIpc) is 3.22. The minimum atomic E-state index is -0.0551. The molecule has 1 saturated heterocycles. The van der Waals surface area contributed by atoms with Crippen LogP contribution in [0.4, 0.5) is 5.69 Å². The zero-order chi connectivity index (χ0) is 23.2. The third kappa shape index (κ3) is 6.34. The molecule has 1 fully saturated rings. The molecule has 9 heteroatoms. The van der Waals surface area contributed by atoms with Crippen LogP contribution in [0.1, 0.15) is 31.2 Å². The van der Waals surface area contributed by atoms with Gasteiger partial charge in [-0.15, -0.1) is 10.2 Å². The second-order valence-electron chi connectivity index (χ2n) is 8.18. The van der Waals surface area contributed by atoms with Gasteiger partial charge in [0, 0.05) is 28.0 Å². The summed E-state index contributed by atoms with van der Waals surface area (Å²) in [5.41, 5.74) is 3.00. The van der Waals surface area contributed by atoms with E-state index < -0.39 is 0 Å². The van der Waals surface area contributed by atoms with Crippen LogP contribution in [-0.2, 0) is 16.1 Å². The lowest BCUT2D eigenvalue weighted by Crippen LogP contribution is -2.36. The Morgan fingerprint density at radius 3 is 2.64 bits per heavy atom. The lowest BCUT2D eigenvalue weighted by Gasteiger charge is -2.26. The van der Waals surface area contributed by atoms with Crippen molar-refractivity contribution in [2.75, 3.05) is 37.4 Å². The van der Waals surface area contributed by atoms with Crippen LogP contribution in [0.25, 0.3) is 5.69 Å². The summed E-state index contributed by atoms with van der Waals surface area (Å²) in [5.74, 6) is 1.39. The summed E-state index contributed by atoms with van der Waals surface area (Å²) in [7, 11) is 0. The molecule has 1 aliphatic heterocycles. The van der Waals surface area contributed by atoms with Crippen molar-refractivity contribution in [1.29, 1.82) is 0 Å². The number of benzene rings is 2. The van der Waals surface area contributed by atoms with E-state index in [1.807, 2.05) is 42.5 Å². The lowest BCUT2D eigenvalue weighted by molar-refractivity contribution is -0.113. The number of morpholine rings is 1. The van der Waals surface area contributed by atoms with Gasteiger partial charge in [0.1, 0.15) is 0 Å². The average molecular weight is 577 g/mol. The molecule has 0 radical (unpaired) electrons. The van der Waals surface area contributed by atoms with Crippen LogP contribution in [0, 0.1) is 3.57 Å². The van der Waals surface area contributed by atoms with Gasteiger partial charge in [0.2, 0.25) is 5.91 Å². The highest BCUT2D eigenvalue weighted by Crippen LogP contribution is 2.27. The topological polar surface area (TPSA) is 72.3 Å². The molecule has 4 rings (SSSR count). The van der Waals surface area contributed by atoms with Gasteiger partial charge in [0.25, 0.3) is 0 Å². The summed E-state index contributed by atoms with van der Waals surface area (Å²) in [6.45, 7) is 8.18. The summed E-state index contributed by atoms with van der Waals surface area (Å²) in [6.07, 6.45) is 0. The van der Waals surface area contributed by atoms with Gasteiger partial charge >= 0.3 is 0 Å². The van der Waals surface area contributed by atoms with Gasteiger partial charge in [-0.3, -0.25) is 14.3 Å². The Bertz CT molecular complexity index is 1080. The number of para-hydroxylation sites is 1. The van der Waals surface area contributed by atoms with Crippen molar-refractivity contribution >= 4 is 45.9 Å². The molecule has 1 aromatic heterocycles. The largest absolute Gasteiger partial charge is 0.379 e. The number of nitrogens with one attached hydrogen (secondary N) is 1. The molecule has 174 valence electrons. The van der Waals surface area contributed by atoms with E-state index in [9.17, 15) is 4.79 Å². The zero-order valence-corrected chi connectivity index (χ0v) is 21.8. The molecule has 0 saturated carbocycles. The van der Waals surface area contributed by atoms with Crippen LogP contribution < -0.4 is 5.32 Å². The number of carbonyl (C=O) groups excluding carboxylic acids is 1. The second kappa shape index (κ2) is 11.5. The number of hydrogen-bond donors (Lipinski definition) is 1. The predicted molar refractivity (Wildman–Crippen MR) is 140 cm³/mol. The van der Waals surface area contributed by atoms with Gasteiger partial charge in [0.15, 0.2) is 11.0 Å². The molecule has 2 heterocycles. The van der Waals surface area contributed by atoms with E-state index in [1.54, 1.807) is 0 Å². The van der Waals surface area contributed by atoms with E-state index in [1.165, 1.54) is 11.8 Å². The molecular weight excluding hydrogens is 549 g/mol. The summed E-state index contributed by atoms with van der Waals surface area (Å²) in [6, 6.07) is 16.2. The number of anilines is 1. The highest BCUT2D eigenvalue weighted by molar-refractivity contribution is 14.1. The van der Waals surface area contributed by atoms with Gasteiger partial charge in [-0.1, -0.05) is 43.8 Å². The van der Waals surface area contributed by atoms with Gasteiger partial charge < -0.3 is 10.1 Å². The van der Waals surface area contributed by atoms with Crippen LogP contribution in [0.15, 0.2) is 53.7 Å². The van der Waals surface area contributed by atoms with Crippen molar-refractivity contribution in [2.45, 2.75) is 31.5 Å². The molecule has 0 spiro atoms. The third-order valence-electron chi connectivity index (χ3n) is 5.43. The molecule has 0 unspecified atom stereocenters. The smallest absolute Gasteiger partial charge is 0.234 e. The Morgan fingerprint density at radius 2 is 1.91 bits per heavy atom. The maximum atomic E-state index is 12.8. The Kier molecular flexibility index (Phi) is 8.39. The SMILES string of the molecule is CC(C)c1cc(I)ccc1NC(=O)CSc1nnc(CN2CCOCC2)n1-c1ccccc1. The Morgan fingerprint density at radius 1 is 1.15 bits per heavy atom. The van der Waals surface area contributed by atoms with Crippen LogP contribution in [0.2, 0.25) is 0 Å². The maximum absolute atomic E-state index is 12.8. The molecule has 0 bridgehead atoms. The highest BCUT2D eigenvalue weighted by Gasteiger charge is 2.20. The van der Waals surface area contributed by atoms with Gasteiger partial charge in [-0.25, -0.2) is 0 Å². The van der Waals surface area contributed by atoms with Crippen molar-refractivity contribution < 1.29 is 9.53 Å². The number of carbonyl (C=O) groups is 1. The Hall–Kier alpha value is -1.95. The molecule has 33 heavy (non-hydrogen) atoms. The fourth-order valence-electron chi connectivity index (χ4n) is 3.73. The molecule has 2 aromatic carbocycles. The summed E-state index contributed by atoms with van der Waals surface area (Å²) in [5, 5.41) is 12.7. The molecule has 1 N–H and O–H groups in total. The number of amides is 1. The van der Waals surface area contributed by atoms with Gasteiger partial charge in [-0.05, 0) is 64.4 Å². The number of hydrogen-bond acceptors (Lipinski definition) is 6. The lowest BCUT2D eigenvalue weighted by atomic mass is 10.0. The number of thioether (sulfide) groups is 1. The Labute approximate surface area is 212 Å². The van der Waals surface area contributed by atoms with E-state index >= 15 is 0 Å². The first-order valence-electron chi connectivity index (χ1n) is 11.0. The van der Waals surface area contributed by atoms with Crippen LogP contribution in [0.5, 0.6) is 0 Å². The first-order valence-corrected chi connectivity index (χ1v) is 13.1. The quantitative estimate of drug-likeness (QED) is 0.313. The minimum Gasteiger partial charge on any atom is -0.379 e. The summed E-state index contributed by atoms with van der Waals surface area (Å²) >= 11 is 3.70. The van der Waals surface area contributed by atoms with E-state index in [4.69, 9.17) is 4.74 Å². The van der Waals surface area contributed by atoms with E-state index in [0.29, 0.717) is 17.6 Å². The second-order valence-corrected chi connectivity index (χ2v) is 10.4. The van der Waals surface area contributed by atoms with Gasteiger partial charge in [0.05, 0.1) is 25.5 Å². The number of halogens is 1. The predicted octanol–water partition coefficient (Wildman–Crippen LogP) is 4.56. The van der Waals surface area contributed by atoms with Crippen molar-refractivity contribution in [1.82, 2.24) is 19.7 Å². The van der Waals surface area contributed by atoms with Crippen LogP contribution >= 0.6 is 34.4 Å². The first kappa shape index (κ1) is 24.2. The fourth-order valence-corrected chi connectivity index (χ4v) is 5.02. The van der Waals surface area contributed by atoms with E-state index in [-0.39, 0.29) is 11.7 Å². The minimum absolute atomic E-state index is 0.0551. The molecular formula is C24H28IN5O2S. The normalized spacial score (nSPS) is 14.5. The van der Waals surface area contributed by atoms with E-state index in [2.05, 4.69) is 67.5 Å². The Balaban J connectivity index is 1.49. The fraction of sp³-hybridized carbons (Fsp3) is 0.375. The van der Waals surface area contributed by atoms with Crippen LogP contribution in [0.3, 0.4) is 0 Å². The van der Waals surface area contributed by atoms with Crippen LogP contribution in [-0.4, -0.2) is 57.6 Å². The molecule has 3 aromatic rings. The number of aromatic nitrogens is 3. The van der Waals surface area contributed by atoms with Crippen molar-refractivity contribution in [3.63, 3.8) is 0 Å². The first-order chi connectivity index (χ1) is 16.0. The number of nitrogens with zero attached hydrogens (tertiary/aromatic N) is 4. The standard InChI is InChI=1S/C24H28IN5O2S/c1-17(2)20-14-18(25)8-9-21(20)26-23(31)16-33-24-28-27-22(15-29-10-12-32-13-11-29)30(24)19-6-4-3-5-7-19/h3-9,14,17H,10-13,15-16H2,1-2H3,(H,26,31). The molecule has 0 atom stereocenters. The molecule has 7 nitrogen and oxygen atoms in total. The third-order valence-corrected chi connectivity index (χ3v) is 7.03. The number of rotatable bonds is 8. The zero-order valence-electron chi connectivity index (χ0n) is 18.8. The highest BCUT2D eigenvalue weighted by atomic mass is 127. The maximum Gasteiger partial charge on any atom is 0.234 e. The van der Waals surface area contributed by atoms with Crippen molar-refractivity contribution in [3.05, 3.63) is 63.5 Å². The van der Waals surface area contributed by atoms with Gasteiger partial charge in [-0.2, -0.15) is 0 Å². The number of ether oxygens (including phenoxy) is 1.